The van der Waals surface area contributed by atoms with Crippen LogP contribution in [0, 0.1) is 0 Å². The number of rotatable bonds is 1. The monoisotopic (exact) mass is 192 g/mol. The van der Waals surface area contributed by atoms with Gasteiger partial charge in [0.05, 0.1) is 10.2 Å². The van der Waals surface area contributed by atoms with Crippen molar-refractivity contribution in [2.75, 3.05) is 0 Å². The van der Waals surface area contributed by atoms with Crippen LogP contribution >= 0.6 is 11.3 Å². The lowest BCUT2D eigenvalue weighted by Gasteiger charge is -1.86. The van der Waals surface area contributed by atoms with E-state index in [0.29, 0.717) is 5.71 Å². The molecule has 0 fully saturated rings. The number of para-hydroxylation sites is 1. The van der Waals surface area contributed by atoms with Gasteiger partial charge in [-0.25, -0.2) is 4.98 Å². The summed E-state index contributed by atoms with van der Waals surface area (Å²) in [7, 11) is 0. The second-order valence-electron chi connectivity index (χ2n) is 2.67. The molecule has 0 bridgehead atoms. The fraction of sp³-hybridized carbons (Fsp3) is 0.111. The summed E-state index contributed by atoms with van der Waals surface area (Å²) in [6, 6.07) is 7.86. The van der Waals surface area contributed by atoms with Crippen molar-refractivity contribution in [3.8, 4) is 0 Å². The summed E-state index contributed by atoms with van der Waals surface area (Å²) in [4.78, 5) is 4.31. The summed E-state index contributed by atoms with van der Waals surface area (Å²) < 4.78 is 1.11. The molecule has 0 saturated carbocycles. The van der Waals surface area contributed by atoms with E-state index in [4.69, 9.17) is 5.21 Å². The molecule has 13 heavy (non-hydrogen) atoms. The quantitative estimate of drug-likeness (QED) is 0.428. The molecule has 1 aromatic carbocycles. The number of hydrogen-bond donors (Lipinski definition) is 1. The van der Waals surface area contributed by atoms with Crippen molar-refractivity contribution in [3.63, 3.8) is 0 Å². The van der Waals surface area contributed by atoms with Crippen LogP contribution in [-0.4, -0.2) is 15.9 Å². The zero-order chi connectivity index (χ0) is 9.26. The minimum atomic E-state index is 0.557. The van der Waals surface area contributed by atoms with E-state index in [1.165, 1.54) is 11.3 Å². The van der Waals surface area contributed by atoms with Crippen LogP contribution in [0.4, 0.5) is 0 Å². The summed E-state index contributed by atoms with van der Waals surface area (Å²) in [6.45, 7) is 1.73. The zero-order valence-corrected chi connectivity index (χ0v) is 7.88. The van der Waals surface area contributed by atoms with E-state index in [2.05, 4.69) is 10.1 Å². The molecule has 0 atom stereocenters. The first kappa shape index (κ1) is 8.19. The van der Waals surface area contributed by atoms with Crippen molar-refractivity contribution in [1.82, 2.24) is 4.98 Å². The van der Waals surface area contributed by atoms with E-state index < -0.39 is 0 Å². The van der Waals surface area contributed by atoms with Crippen molar-refractivity contribution >= 4 is 27.3 Å². The van der Waals surface area contributed by atoms with Gasteiger partial charge in [-0.3, -0.25) is 0 Å². The van der Waals surface area contributed by atoms with Gasteiger partial charge in [-0.1, -0.05) is 17.3 Å². The molecule has 0 unspecified atom stereocenters. The van der Waals surface area contributed by atoms with E-state index in [1.807, 2.05) is 24.3 Å². The Hall–Kier alpha value is -1.42. The highest BCUT2D eigenvalue weighted by molar-refractivity contribution is 7.20. The number of benzene rings is 1. The Balaban J connectivity index is 2.62. The van der Waals surface area contributed by atoms with Gasteiger partial charge in [-0.15, -0.1) is 11.3 Å². The second kappa shape index (κ2) is 3.14. The Morgan fingerprint density at radius 3 is 2.92 bits per heavy atom. The first-order valence-corrected chi connectivity index (χ1v) is 4.67. The van der Waals surface area contributed by atoms with E-state index in [0.717, 1.165) is 15.2 Å². The molecule has 0 radical (unpaired) electrons. The third-order valence-electron chi connectivity index (χ3n) is 1.75. The summed E-state index contributed by atoms with van der Waals surface area (Å²) in [6.07, 6.45) is 0. The summed E-state index contributed by atoms with van der Waals surface area (Å²) in [5.41, 5.74) is 1.51. The number of fused-ring (bicyclic) bond motifs is 1. The van der Waals surface area contributed by atoms with Crippen molar-refractivity contribution < 1.29 is 5.21 Å². The normalized spacial score (nSPS) is 12.2. The molecule has 0 amide bonds. The standard InChI is InChI=1S/C9H8N2OS/c1-6(11-12)9-10-7-4-2-3-5-8(7)13-9/h2-5,12H,1H3. The van der Waals surface area contributed by atoms with Crippen LogP contribution in [0.3, 0.4) is 0 Å². The highest BCUT2D eigenvalue weighted by Gasteiger charge is 2.05. The SMILES string of the molecule is CC(=NO)c1nc2ccccc2s1. The highest BCUT2D eigenvalue weighted by atomic mass is 32.1. The molecule has 4 heteroatoms. The van der Waals surface area contributed by atoms with Crippen molar-refractivity contribution in [1.29, 1.82) is 0 Å². The predicted octanol–water partition coefficient (Wildman–Crippen LogP) is 2.49. The Labute approximate surface area is 79.3 Å². The minimum absolute atomic E-state index is 0.557. The predicted molar refractivity (Wildman–Crippen MR) is 53.6 cm³/mol. The highest BCUT2D eigenvalue weighted by Crippen LogP contribution is 2.21. The van der Waals surface area contributed by atoms with E-state index in [1.54, 1.807) is 6.92 Å². The number of nitrogens with zero attached hydrogens (tertiary/aromatic N) is 2. The zero-order valence-electron chi connectivity index (χ0n) is 7.06. The van der Waals surface area contributed by atoms with Gasteiger partial charge in [0.2, 0.25) is 0 Å². The molecule has 66 valence electrons. The molecule has 2 rings (SSSR count). The van der Waals surface area contributed by atoms with Gasteiger partial charge in [-0.2, -0.15) is 0 Å². The fourth-order valence-electron chi connectivity index (χ4n) is 1.07. The Bertz CT molecular complexity index is 428. The van der Waals surface area contributed by atoms with Gasteiger partial charge in [0.25, 0.3) is 0 Å². The Kier molecular flexibility index (Phi) is 1.98. The maximum atomic E-state index is 8.57. The van der Waals surface area contributed by atoms with Crippen LogP contribution in [0.2, 0.25) is 0 Å². The summed E-state index contributed by atoms with van der Waals surface area (Å²) >= 11 is 1.53. The molecule has 3 nitrogen and oxygen atoms in total. The fourth-order valence-corrected chi connectivity index (χ4v) is 1.98. The lowest BCUT2D eigenvalue weighted by atomic mass is 10.3. The molecular formula is C9H8N2OS. The van der Waals surface area contributed by atoms with Crippen LogP contribution < -0.4 is 0 Å². The molecule has 0 spiro atoms. The van der Waals surface area contributed by atoms with E-state index >= 15 is 0 Å². The Morgan fingerprint density at radius 2 is 2.23 bits per heavy atom. The van der Waals surface area contributed by atoms with Crippen molar-refractivity contribution in [2.45, 2.75) is 6.92 Å². The average Bonchev–Trinajstić information content (AvgIpc) is 2.59. The minimum Gasteiger partial charge on any atom is -0.411 e. The average molecular weight is 192 g/mol. The number of aromatic nitrogens is 1. The van der Waals surface area contributed by atoms with Crippen LogP contribution in [0.15, 0.2) is 29.4 Å². The summed E-state index contributed by atoms with van der Waals surface area (Å²) in [5.74, 6) is 0. The van der Waals surface area contributed by atoms with E-state index in [-0.39, 0.29) is 0 Å². The number of thiazole rings is 1. The number of oxime groups is 1. The second-order valence-corrected chi connectivity index (χ2v) is 3.70. The van der Waals surface area contributed by atoms with Crippen LogP contribution in [-0.2, 0) is 0 Å². The first-order valence-electron chi connectivity index (χ1n) is 3.86. The lowest BCUT2D eigenvalue weighted by Crippen LogP contribution is -1.91. The third kappa shape index (κ3) is 1.40. The van der Waals surface area contributed by atoms with Crippen LogP contribution in [0.25, 0.3) is 10.2 Å². The molecular weight excluding hydrogens is 184 g/mol. The van der Waals surface area contributed by atoms with Gasteiger partial charge in [0.15, 0.2) is 0 Å². The smallest absolute Gasteiger partial charge is 0.142 e. The first-order chi connectivity index (χ1) is 6.31. The van der Waals surface area contributed by atoms with Gasteiger partial charge in [-0.05, 0) is 19.1 Å². The van der Waals surface area contributed by atoms with Crippen LogP contribution in [0.1, 0.15) is 11.9 Å². The lowest BCUT2D eigenvalue weighted by molar-refractivity contribution is 0.319. The molecule has 1 N–H and O–H groups in total. The molecule has 2 aromatic rings. The number of hydrogen-bond acceptors (Lipinski definition) is 4. The van der Waals surface area contributed by atoms with Crippen molar-refractivity contribution in [3.05, 3.63) is 29.3 Å². The maximum Gasteiger partial charge on any atom is 0.142 e. The molecule has 1 heterocycles. The molecule has 0 aliphatic heterocycles. The topological polar surface area (TPSA) is 45.5 Å². The largest absolute Gasteiger partial charge is 0.411 e. The molecule has 0 aliphatic carbocycles. The van der Waals surface area contributed by atoms with Crippen LogP contribution in [0.5, 0.6) is 0 Å². The molecule has 0 saturated heterocycles. The molecule has 0 aliphatic rings. The molecule has 1 aromatic heterocycles. The summed E-state index contributed by atoms with van der Waals surface area (Å²) in [5, 5.41) is 12.5. The third-order valence-corrected chi connectivity index (χ3v) is 2.90. The van der Waals surface area contributed by atoms with Gasteiger partial charge in [0, 0.05) is 0 Å². The van der Waals surface area contributed by atoms with Crippen molar-refractivity contribution in [2.24, 2.45) is 5.16 Å². The Morgan fingerprint density at radius 1 is 1.46 bits per heavy atom. The van der Waals surface area contributed by atoms with Gasteiger partial charge in [0.1, 0.15) is 10.7 Å². The van der Waals surface area contributed by atoms with Gasteiger partial charge < -0.3 is 5.21 Å². The van der Waals surface area contributed by atoms with E-state index in [9.17, 15) is 0 Å². The van der Waals surface area contributed by atoms with Gasteiger partial charge >= 0.3 is 0 Å². The maximum absolute atomic E-state index is 8.57.